The second-order valence-corrected chi connectivity index (χ2v) is 6.97. The molecule has 4 rings (SSSR count). The normalized spacial score (nSPS) is 11.0. The van der Waals surface area contributed by atoms with Gasteiger partial charge in [0.25, 0.3) is 5.91 Å². The van der Waals surface area contributed by atoms with Crippen molar-refractivity contribution in [1.29, 1.82) is 0 Å². The van der Waals surface area contributed by atoms with Crippen molar-refractivity contribution in [3.8, 4) is 5.69 Å². The van der Waals surface area contributed by atoms with Gasteiger partial charge in [-0.05, 0) is 48.4 Å². The quantitative estimate of drug-likeness (QED) is 0.576. The Morgan fingerprint density at radius 1 is 1.15 bits per heavy atom. The van der Waals surface area contributed by atoms with Crippen molar-refractivity contribution in [2.24, 2.45) is 0 Å². The van der Waals surface area contributed by atoms with E-state index < -0.39 is 0 Å². The van der Waals surface area contributed by atoms with Gasteiger partial charge in [-0.3, -0.25) is 4.79 Å². The lowest BCUT2D eigenvalue weighted by Gasteiger charge is -2.06. The predicted octanol–water partition coefficient (Wildman–Crippen LogP) is 4.20. The maximum Gasteiger partial charge on any atom is 0.261 e. The van der Waals surface area contributed by atoms with Gasteiger partial charge in [0.2, 0.25) is 0 Å². The molecule has 4 nitrogen and oxygen atoms in total. The highest BCUT2D eigenvalue weighted by molar-refractivity contribution is 7.20. The van der Waals surface area contributed by atoms with E-state index in [1.807, 2.05) is 42.6 Å². The second kappa shape index (κ2) is 7.09. The van der Waals surface area contributed by atoms with Gasteiger partial charge in [0.1, 0.15) is 5.82 Å². The maximum atomic E-state index is 13.7. The van der Waals surface area contributed by atoms with Crippen LogP contribution in [0.5, 0.6) is 0 Å². The zero-order valence-corrected chi connectivity index (χ0v) is 14.7. The number of hydrogen-bond donors (Lipinski definition) is 1. The van der Waals surface area contributed by atoms with Crippen LogP contribution < -0.4 is 5.32 Å². The van der Waals surface area contributed by atoms with Gasteiger partial charge in [-0.1, -0.05) is 18.2 Å². The maximum absolute atomic E-state index is 13.7. The van der Waals surface area contributed by atoms with E-state index >= 15 is 0 Å². The Morgan fingerprint density at radius 3 is 2.73 bits per heavy atom. The first kappa shape index (κ1) is 16.5. The molecule has 2 heterocycles. The number of amides is 1. The van der Waals surface area contributed by atoms with Crippen molar-refractivity contribution >= 4 is 27.3 Å². The minimum Gasteiger partial charge on any atom is -0.351 e. The topological polar surface area (TPSA) is 46.9 Å². The van der Waals surface area contributed by atoms with Crippen LogP contribution in [-0.4, -0.2) is 22.2 Å². The van der Waals surface area contributed by atoms with Gasteiger partial charge in [0.15, 0.2) is 0 Å². The minimum absolute atomic E-state index is 0.168. The van der Waals surface area contributed by atoms with E-state index in [0.29, 0.717) is 16.8 Å². The summed E-state index contributed by atoms with van der Waals surface area (Å²) in [5.41, 5.74) is 2.12. The highest BCUT2D eigenvalue weighted by atomic mass is 32.1. The van der Waals surface area contributed by atoms with Crippen LogP contribution in [0.4, 0.5) is 4.39 Å². The Kier molecular flexibility index (Phi) is 4.50. The Bertz CT molecular complexity index is 1040. The largest absolute Gasteiger partial charge is 0.351 e. The van der Waals surface area contributed by atoms with Gasteiger partial charge in [-0.2, -0.15) is 5.10 Å². The van der Waals surface area contributed by atoms with E-state index in [1.54, 1.807) is 23.0 Å². The van der Waals surface area contributed by atoms with Gasteiger partial charge in [0, 0.05) is 29.0 Å². The van der Waals surface area contributed by atoms with E-state index in [-0.39, 0.29) is 11.7 Å². The van der Waals surface area contributed by atoms with Gasteiger partial charge >= 0.3 is 0 Å². The number of aromatic nitrogens is 2. The average molecular weight is 365 g/mol. The molecule has 0 spiro atoms. The monoisotopic (exact) mass is 365 g/mol. The van der Waals surface area contributed by atoms with E-state index in [4.69, 9.17) is 0 Å². The first-order chi connectivity index (χ1) is 12.7. The number of hydrogen-bond acceptors (Lipinski definition) is 3. The van der Waals surface area contributed by atoms with Crippen LogP contribution in [0.25, 0.3) is 15.8 Å². The summed E-state index contributed by atoms with van der Waals surface area (Å²) in [6, 6.07) is 16.4. The molecule has 2 aromatic carbocycles. The number of carbonyl (C=O) groups is 1. The highest BCUT2D eigenvalue weighted by Crippen LogP contribution is 2.27. The smallest absolute Gasteiger partial charge is 0.261 e. The Labute approximate surface area is 153 Å². The fourth-order valence-electron chi connectivity index (χ4n) is 2.78. The molecule has 0 fully saturated rings. The van der Waals surface area contributed by atoms with E-state index in [0.717, 1.165) is 22.4 Å². The van der Waals surface area contributed by atoms with Crippen LogP contribution in [0.2, 0.25) is 0 Å². The van der Waals surface area contributed by atoms with E-state index in [1.165, 1.54) is 17.4 Å². The van der Waals surface area contributed by atoms with Crippen molar-refractivity contribution < 1.29 is 9.18 Å². The summed E-state index contributed by atoms with van der Waals surface area (Å²) >= 11 is 1.30. The lowest BCUT2D eigenvalue weighted by atomic mass is 10.1. The van der Waals surface area contributed by atoms with Gasteiger partial charge in [-0.15, -0.1) is 11.3 Å². The summed E-state index contributed by atoms with van der Waals surface area (Å²) in [7, 11) is 0. The molecule has 0 radical (unpaired) electrons. The number of benzene rings is 2. The third-order valence-corrected chi connectivity index (χ3v) is 5.24. The van der Waals surface area contributed by atoms with Crippen molar-refractivity contribution in [3.05, 3.63) is 83.2 Å². The molecule has 1 N–H and O–H groups in total. The summed E-state index contributed by atoms with van der Waals surface area (Å²) in [4.78, 5) is 12.8. The second-order valence-electron chi connectivity index (χ2n) is 5.89. The average Bonchev–Trinajstić information content (AvgIpc) is 3.33. The fraction of sp³-hybridized carbons (Fsp3) is 0.100. The zero-order valence-electron chi connectivity index (χ0n) is 13.9. The van der Waals surface area contributed by atoms with Crippen LogP contribution in [0.1, 0.15) is 15.2 Å². The molecule has 4 aromatic rings. The number of nitrogens with one attached hydrogen (secondary N) is 1. The number of fused-ring (bicyclic) bond motifs is 1. The summed E-state index contributed by atoms with van der Waals surface area (Å²) in [5, 5.41) is 7.59. The van der Waals surface area contributed by atoms with Crippen molar-refractivity contribution in [2.45, 2.75) is 6.42 Å². The standard InChI is InChI=1S/C20H16FN3OS/c21-17-3-1-4-18-16(17)13-19(26-18)20(25)22-11-9-14-5-7-15(8-6-14)24-12-2-10-23-24/h1-8,10,12-13H,9,11H2,(H,22,25). The van der Waals surface area contributed by atoms with Gasteiger partial charge in [0.05, 0.1) is 10.6 Å². The number of halogens is 1. The minimum atomic E-state index is -0.296. The number of thiophene rings is 1. The molecule has 0 saturated carbocycles. The number of rotatable bonds is 5. The third kappa shape index (κ3) is 3.36. The molecule has 2 aromatic heterocycles. The van der Waals surface area contributed by atoms with Crippen LogP contribution >= 0.6 is 11.3 Å². The number of nitrogens with zero attached hydrogens (tertiary/aromatic N) is 2. The molecule has 0 atom stereocenters. The molecule has 0 aliphatic carbocycles. The fourth-order valence-corrected chi connectivity index (χ4v) is 3.77. The lowest BCUT2D eigenvalue weighted by molar-refractivity contribution is 0.0958. The molecule has 26 heavy (non-hydrogen) atoms. The molecule has 130 valence electrons. The first-order valence-electron chi connectivity index (χ1n) is 8.26. The third-order valence-electron chi connectivity index (χ3n) is 4.14. The summed E-state index contributed by atoms with van der Waals surface area (Å²) in [6.07, 6.45) is 4.36. The zero-order chi connectivity index (χ0) is 17.9. The molecular formula is C20H16FN3OS. The summed E-state index contributed by atoms with van der Waals surface area (Å²) in [6.45, 7) is 0.524. The Morgan fingerprint density at radius 2 is 2.00 bits per heavy atom. The van der Waals surface area contributed by atoms with Crippen molar-refractivity contribution in [1.82, 2.24) is 15.1 Å². The lowest BCUT2D eigenvalue weighted by Crippen LogP contribution is -2.24. The van der Waals surface area contributed by atoms with Crippen LogP contribution in [0.15, 0.2) is 67.0 Å². The molecule has 0 aliphatic heterocycles. The molecule has 0 aliphatic rings. The van der Waals surface area contributed by atoms with Crippen molar-refractivity contribution in [2.75, 3.05) is 6.54 Å². The first-order valence-corrected chi connectivity index (χ1v) is 9.07. The summed E-state index contributed by atoms with van der Waals surface area (Å²) < 4.78 is 16.3. The van der Waals surface area contributed by atoms with Crippen molar-refractivity contribution in [3.63, 3.8) is 0 Å². The van der Waals surface area contributed by atoms with E-state index in [9.17, 15) is 9.18 Å². The molecule has 6 heteroatoms. The predicted molar refractivity (Wildman–Crippen MR) is 101 cm³/mol. The highest BCUT2D eigenvalue weighted by Gasteiger charge is 2.12. The summed E-state index contributed by atoms with van der Waals surface area (Å²) in [5.74, 6) is -0.464. The van der Waals surface area contributed by atoms with Gasteiger partial charge < -0.3 is 5.32 Å². The van der Waals surface area contributed by atoms with Crippen LogP contribution in [-0.2, 0) is 6.42 Å². The number of carbonyl (C=O) groups excluding carboxylic acids is 1. The van der Waals surface area contributed by atoms with Crippen LogP contribution in [0.3, 0.4) is 0 Å². The molecular weight excluding hydrogens is 349 g/mol. The molecule has 0 bridgehead atoms. The Hall–Kier alpha value is -2.99. The van der Waals surface area contributed by atoms with Crippen LogP contribution in [0, 0.1) is 5.82 Å². The molecule has 1 amide bonds. The van der Waals surface area contributed by atoms with Gasteiger partial charge in [-0.25, -0.2) is 9.07 Å². The SMILES string of the molecule is O=C(NCCc1ccc(-n2cccn2)cc1)c1cc2c(F)cccc2s1. The Balaban J connectivity index is 1.36. The molecule has 0 saturated heterocycles. The molecule has 0 unspecified atom stereocenters. The van der Waals surface area contributed by atoms with E-state index in [2.05, 4.69) is 10.4 Å².